The van der Waals surface area contributed by atoms with Crippen molar-refractivity contribution in [2.45, 2.75) is 58.5 Å². The number of ether oxygens (including phenoxy) is 1. The largest absolute Gasteiger partial charge is 0.477 e. The summed E-state index contributed by atoms with van der Waals surface area (Å²) in [6.07, 6.45) is 4.24. The minimum atomic E-state index is -0.0992. The summed E-state index contributed by atoms with van der Waals surface area (Å²) < 4.78 is 9.02. The highest BCUT2D eigenvalue weighted by atomic mass is 16.5. The van der Waals surface area contributed by atoms with Crippen molar-refractivity contribution in [2.75, 3.05) is 19.7 Å². The molecule has 0 unspecified atom stereocenters. The first-order valence-corrected chi connectivity index (χ1v) is 10.4. The summed E-state index contributed by atoms with van der Waals surface area (Å²) in [5.41, 5.74) is 1.30. The van der Waals surface area contributed by atoms with Gasteiger partial charge < -0.3 is 9.64 Å². The van der Waals surface area contributed by atoms with E-state index in [1.807, 2.05) is 11.0 Å². The van der Waals surface area contributed by atoms with E-state index in [4.69, 9.17) is 4.74 Å². The summed E-state index contributed by atoms with van der Waals surface area (Å²) in [4.78, 5) is 27.1. The Morgan fingerprint density at radius 2 is 1.97 bits per heavy atom. The molecule has 4 heterocycles. The zero-order valence-electron chi connectivity index (χ0n) is 17.4. The maximum atomic E-state index is 12.9. The first-order valence-electron chi connectivity index (χ1n) is 10.4. The number of rotatable bonds is 3. The number of carbonyl (C=O) groups is 1. The average Bonchev–Trinajstić information content (AvgIpc) is 3.13. The molecule has 2 aliphatic rings. The van der Waals surface area contributed by atoms with Crippen molar-refractivity contribution in [1.82, 2.24) is 24.5 Å². The fourth-order valence-corrected chi connectivity index (χ4v) is 3.93. The van der Waals surface area contributed by atoms with E-state index in [0.29, 0.717) is 43.6 Å². The maximum absolute atomic E-state index is 12.9. The molecule has 1 fully saturated rings. The smallest absolute Gasteiger partial charge is 0.266 e. The molecule has 0 N–H and O–H groups in total. The van der Waals surface area contributed by atoms with Crippen molar-refractivity contribution < 1.29 is 9.53 Å². The van der Waals surface area contributed by atoms with Crippen molar-refractivity contribution in [1.29, 1.82) is 0 Å². The van der Waals surface area contributed by atoms with Crippen LogP contribution in [0.1, 0.15) is 56.1 Å². The molecule has 0 aliphatic carbocycles. The van der Waals surface area contributed by atoms with Crippen LogP contribution in [-0.2, 0) is 18.5 Å². The van der Waals surface area contributed by atoms with Crippen LogP contribution < -0.4 is 10.3 Å². The van der Waals surface area contributed by atoms with E-state index in [2.05, 4.69) is 31.0 Å². The number of likely N-dealkylation sites (tertiary alicyclic amines) is 1. The van der Waals surface area contributed by atoms with E-state index in [1.165, 1.54) is 0 Å². The fraction of sp³-hybridized carbons (Fsp3) is 0.619. The van der Waals surface area contributed by atoms with Gasteiger partial charge in [0.2, 0.25) is 5.88 Å². The highest BCUT2D eigenvalue weighted by molar-refractivity contribution is 5.96. The van der Waals surface area contributed by atoms with Crippen molar-refractivity contribution in [3.8, 4) is 5.88 Å². The average molecular weight is 399 g/mol. The third kappa shape index (κ3) is 4.06. The molecule has 2 aromatic rings. The number of nitrogens with zero attached hydrogens (tertiary/aromatic N) is 5. The zero-order chi connectivity index (χ0) is 20.6. The molecule has 2 aromatic heterocycles. The van der Waals surface area contributed by atoms with E-state index >= 15 is 0 Å². The molecule has 2 aliphatic heterocycles. The van der Waals surface area contributed by atoms with Gasteiger partial charge in [0.15, 0.2) is 0 Å². The highest BCUT2D eigenvalue weighted by Crippen LogP contribution is 2.26. The molecule has 1 saturated heterocycles. The van der Waals surface area contributed by atoms with E-state index in [1.54, 1.807) is 21.6 Å². The highest BCUT2D eigenvalue weighted by Gasteiger charge is 2.29. The van der Waals surface area contributed by atoms with E-state index < -0.39 is 0 Å². The monoisotopic (exact) mass is 399 g/mol. The Balaban J connectivity index is 1.39. The van der Waals surface area contributed by atoms with Crippen LogP contribution in [0, 0.1) is 5.92 Å². The lowest BCUT2D eigenvalue weighted by Crippen LogP contribution is -2.40. The van der Waals surface area contributed by atoms with E-state index in [9.17, 15) is 9.59 Å². The summed E-state index contributed by atoms with van der Waals surface area (Å²) >= 11 is 0. The Hall–Kier alpha value is -2.64. The summed E-state index contributed by atoms with van der Waals surface area (Å²) in [6, 6.07) is 3.42. The summed E-state index contributed by atoms with van der Waals surface area (Å²) in [5, 5.41) is 8.86. The van der Waals surface area contributed by atoms with Gasteiger partial charge in [-0.15, -0.1) is 0 Å². The summed E-state index contributed by atoms with van der Waals surface area (Å²) in [5.74, 6) is 0.909. The molecule has 0 spiro atoms. The van der Waals surface area contributed by atoms with Crippen LogP contribution in [0.4, 0.5) is 0 Å². The number of carbonyl (C=O) groups excluding carboxylic acids is 1. The number of aryl methyl sites for hydroxylation is 1. The predicted molar refractivity (Wildman–Crippen MR) is 108 cm³/mol. The van der Waals surface area contributed by atoms with Crippen molar-refractivity contribution in [3.63, 3.8) is 0 Å². The second-order valence-corrected chi connectivity index (χ2v) is 9.01. The Morgan fingerprint density at radius 3 is 2.69 bits per heavy atom. The number of aromatic nitrogens is 4. The van der Waals surface area contributed by atoms with E-state index in [0.717, 1.165) is 31.5 Å². The predicted octanol–water partition coefficient (Wildman–Crippen LogP) is 2.07. The molecule has 0 atom stereocenters. The number of hydrogen-bond acceptors (Lipinski definition) is 5. The molecule has 0 saturated carbocycles. The van der Waals surface area contributed by atoms with Gasteiger partial charge in [0.05, 0.1) is 18.5 Å². The molecule has 29 heavy (non-hydrogen) atoms. The number of amides is 1. The quantitative estimate of drug-likeness (QED) is 0.789. The van der Waals surface area contributed by atoms with Crippen LogP contribution in [0.2, 0.25) is 0 Å². The molecular formula is C21H29N5O3. The summed E-state index contributed by atoms with van der Waals surface area (Å²) in [6.45, 7) is 9.62. The Bertz CT molecular complexity index is 948. The van der Waals surface area contributed by atoms with Gasteiger partial charge in [-0.05, 0) is 24.8 Å². The molecular weight excluding hydrogens is 370 g/mol. The molecule has 0 radical (unpaired) electrons. The zero-order valence-corrected chi connectivity index (χ0v) is 17.4. The normalized spacial score (nSPS) is 17.7. The van der Waals surface area contributed by atoms with Crippen LogP contribution in [0.25, 0.3) is 0 Å². The van der Waals surface area contributed by atoms with Crippen LogP contribution >= 0.6 is 0 Å². The first-order chi connectivity index (χ1) is 13.8. The molecule has 0 bridgehead atoms. The van der Waals surface area contributed by atoms with Crippen molar-refractivity contribution >= 4 is 5.91 Å². The molecule has 8 heteroatoms. The number of piperidine rings is 1. The number of fused-ring (bicyclic) bond motifs is 1. The van der Waals surface area contributed by atoms with Gasteiger partial charge in [-0.3, -0.25) is 9.59 Å². The third-order valence-corrected chi connectivity index (χ3v) is 5.74. The minimum absolute atomic E-state index is 0.0170. The maximum Gasteiger partial charge on any atom is 0.266 e. The molecule has 4 rings (SSSR count). The Morgan fingerprint density at radius 1 is 1.21 bits per heavy atom. The van der Waals surface area contributed by atoms with Gasteiger partial charge in [0, 0.05) is 44.1 Å². The van der Waals surface area contributed by atoms with Crippen molar-refractivity contribution in [3.05, 3.63) is 39.9 Å². The molecule has 0 aromatic carbocycles. The van der Waals surface area contributed by atoms with Gasteiger partial charge in [-0.25, -0.2) is 9.36 Å². The SMILES string of the molecule is CC(C)(C)c1ccc(=O)n(CC2CCN(C(=O)c3cnn4c3OCCC4)CC2)n1. The van der Waals surface area contributed by atoms with E-state index in [-0.39, 0.29) is 16.9 Å². The Kier molecular flexibility index (Phi) is 5.19. The van der Waals surface area contributed by atoms with Gasteiger partial charge in [0.1, 0.15) is 5.56 Å². The summed E-state index contributed by atoms with van der Waals surface area (Å²) in [7, 11) is 0. The van der Waals surface area contributed by atoms with Crippen LogP contribution in [0.5, 0.6) is 5.88 Å². The second-order valence-electron chi connectivity index (χ2n) is 9.01. The van der Waals surface area contributed by atoms with Crippen molar-refractivity contribution in [2.24, 2.45) is 5.92 Å². The lowest BCUT2D eigenvalue weighted by Gasteiger charge is -2.32. The number of hydrogen-bond donors (Lipinski definition) is 0. The Labute approximate surface area is 170 Å². The minimum Gasteiger partial charge on any atom is -0.477 e. The lowest BCUT2D eigenvalue weighted by molar-refractivity contribution is 0.0673. The van der Waals surface area contributed by atoms with Crippen LogP contribution in [-0.4, -0.2) is 50.1 Å². The van der Waals surface area contributed by atoms with Crippen LogP contribution in [0.3, 0.4) is 0 Å². The fourth-order valence-electron chi connectivity index (χ4n) is 3.93. The topological polar surface area (TPSA) is 82.2 Å². The molecule has 8 nitrogen and oxygen atoms in total. The first kappa shape index (κ1) is 19.7. The standard InChI is InChI=1S/C21H29N5O3/c1-21(2,3)17-5-6-18(27)26(23-17)14-15-7-10-24(11-8-15)19(28)16-13-22-25-9-4-12-29-20(16)25/h5-6,13,15H,4,7-12,14H2,1-3H3. The molecule has 156 valence electrons. The van der Waals surface area contributed by atoms with Gasteiger partial charge in [-0.1, -0.05) is 20.8 Å². The van der Waals surface area contributed by atoms with Gasteiger partial charge in [-0.2, -0.15) is 10.2 Å². The molecule has 1 amide bonds. The second kappa shape index (κ2) is 7.65. The van der Waals surface area contributed by atoms with Gasteiger partial charge >= 0.3 is 0 Å². The lowest BCUT2D eigenvalue weighted by atomic mass is 9.92. The van der Waals surface area contributed by atoms with Gasteiger partial charge in [0.25, 0.3) is 11.5 Å². The van der Waals surface area contributed by atoms with Crippen LogP contribution in [0.15, 0.2) is 23.1 Å². The third-order valence-electron chi connectivity index (χ3n) is 5.74.